The van der Waals surface area contributed by atoms with Crippen molar-refractivity contribution in [3.8, 4) is 0 Å². The van der Waals surface area contributed by atoms with Crippen LogP contribution in [-0.2, 0) is 0 Å². The van der Waals surface area contributed by atoms with E-state index in [1.165, 1.54) is 17.4 Å². The van der Waals surface area contributed by atoms with E-state index < -0.39 is 0 Å². The Morgan fingerprint density at radius 1 is 1.40 bits per heavy atom. The summed E-state index contributed by atoms with van der Waals surface area (Å²) >= 11 is 7.09. The second-order valence-electron chi connectivity index (χ2n) is 2.96. The minimum absolute atomic E-state index is 0.272. The second-order valence-corrected chi connectivity index (χ2v) is 4.19. The largest absolute Gasteiger partial charge is 0.318 e. The van der Waals surface area contributed by atoms with Crippen molar-refractivity contribution < 1.29 is 4.39 Å². The van der Waals surface area contributed by atoms with Crippen LogP contribution >= 0.6 is 22.9 Å². The fraction of sp³-hybridized carbons (Fsp3) is 0.100. The van der Waals surface area contributed by atoms with Crippen molar-refractivity contribution in [2.45, 2.75) is 0 Å². The van der Waals surface area contributed by atoms with Crippen molar-refractivity contribution in [3.05, 3.63) is 40.6 Å². The zero-order valence-electron chi connectivity index (χ0n) is 7.95. The highest BCUT2D eigenvalue weighted by molar-refractivity contribution is 7.14. The first kappa shape index (κ1) is 10.4. The van der Waals surface area contributed by atoms with Crippen molar-refractivity contribution in [1.82, 2.24) is 4.98 Å². The first-order chi connectivity index (χ1) is 7.18. The fourth-order valence-electron chi connectivity index (χ4n) is 1.23. The molecule has 1 aromatic carbocycles. The quantitative estimate of drug-likeness (QED) is 0.798. The lowest BCUT2D eigenvalue weighted by atomic mass is 10.3. The van der Waals surface area contributed by atoms with Crippen molar-refractivity contribution in [3.63, 3.8) is 0 Å². The van der Waals surface area contributed by atoms with Crippen molar-refractivity contribution in [1.29, 1.82) is 0 Å². The first-order valence-corrected chi connectivity index (χ1v) is 5.53. The van der Waals surface area contributed by atoms with Crippen LogP contribution in [0, 0.1) is 5.82 Å². The fourth-order valence-corrected chi connectivity index (χ4v) is 2.15. The van der Waals surface area contributed by atoms with Gasteiger partial charge in [-0.2, -0.15) is 0 Å². The first-order valence-electron chi connectivity index (χ1n) is 4.28. The van der Waals surface area contributed by atoms with E-state index in [4.69, 9.17) is 11.6 Å². The summed E-state index contributed by atoms with van der Waals surface area (Å²) in [7, 11) is 1.76. The number of hydrogen-bond acceptors (Lipinski definition) is 3. The van der Waals surface area contributed by atoms with E-state index in [0.717, 1.165) is 0 Å². The van der Waals surface area contributed by atoms with Gasteiger partial charge in [0.25, 0.3) is 0 Å². The molecule has 15 heavy (non-hydrogen) atoms. The van der Waals surface area contributed by atoms with Crippen LogP contribution in [0.25, 0.3) is 0 Å². The van der Waals surface area contributed by atoms with Gasteiger partial charge in [-0.3, -0.25) is 0 Å². The molecule has 0 radical (unpaired) electrons. The van der Waals surface area contributed by atoms with Gasteiger partial charge >= 0.3 is 0 Å². The van der Waals surface area contributed by atoms with Gasteiger partial charge in [-0.05, 0) is 12.1 Å². The highest BCUT2D eigenvalue weighted by atomic mass is 35.5. The normalized spacial score (nSPS) is 10.3. The van der Waals surface area contributed by atoms with Crippen LogP contribution in [0.3, 0.4) is 0 Å². The topological polar surface area (TPSA) is 16.1 Å². The molecule has 1 heterocycles. The zero-order chi connectivity index (χ0) is 10.8. The summed E-state index contributed by atoms with van der Waals surface area (Å²) in [6.45, 7) is 0. The van der Waals surface area contributed by atoms with Crippen LogP contribution in [-0.4, -0.2) is 12.0 Å². The Labute approximate surface area is 95.9 Å². The van der Waals surface area contributed by atoms with Crippen LogP contribution in [0.15, 0.2) is 29.6 Å². The number of hydrogen-bond donors (Lipinski definition) is 0. The van der Waals surface area contributed by atoms with Gasteiger partial charge in [0.15, 0.2) is 5.13 Å². The number of benzene rings is 1. The van der Waals surface area contributed by atoms with Gasteiger partial charge in [0.05, 0.1) is 5.69 Å². The summed E-state index contributed by atoms with van der Waals surface area (Å²) in [6, 6.07) is 6.55. The molecule has 0 saturated carbocycles. The third kappa shape index (κ3) is 2.11. The molecule has 0 aliphatic rings. The maximum atomic E-state index is 13.4. The Morgan fingerprint density at radius 3 is 2.73 bits per heavy atom. The summed E-state index contributed by atoms with van der Waals surface area (Å²) in [4.78, 5) is 5.74. The molecule has 5 heteroatoms. The molecule has 2 rings (SSSR count). The van der Waals surface area contributed by atoms with Crippen molar-refractivity contribution >= 4 is 33.8 Å². The SMILES string of the molecule is CN(c1nc(Cl)cs1)c1ccccc1F. The lowest BCUT2D eigenvalue weighted by molar-refractivity contribution is 0.627. The van der Waals surface area contributed by atoms with E-state index in [0.29, 0.717) is 16.0 Å². The summed E-state index contributed by atoms with van der Waals surface area (Å²) in [5, 5.41) is 2.82. The Hall–Kier alpha value is -1.13. The Morgan fingerprint density at radius 2 is 2.13 bits per heavy atom. The number of para-hydroxylation sites is 1. The number of thiazole rings is 1. The molecule has 0 unspecified atom stereocenters. The molecule has 0 N–H and O–H groups in total. The number of anilines is 2. The molecule has 0 atom stereocenters. The van der Waals surface area contributed by atoms with E-state index in [9.17, 15) is 4.39 Å². The molecule has 0 aliphatic heterocycles. The molecule has 0 amide bonds. The highest BCUT2D eigenvalue weighted by Crippen LogP contribution is 2.29. The highest BCUT2D eigenvalue weighted by Gasteiger charge is 2.11. The van der Waals surface area contributed by atoms with E-state index in [1.54, 1.807) is 35.5 Å². The van der Waals surface area contributed by atoms with Gasteiger partial charge in [0, 0.05) is 12.4 Å². The molecular weight excluding hydrogens is 235 g/mol. The summed E-state index contributed by atoms with van der Waals surface area (Å²) in [6.07, 6.45) is 0. The van der Waals surface area contributed by atoms with Gasteiger partial charge in [0.1, 0.15) is 11.0 Å². The Kier molecular flexibility index (Phi) is 2.88. The van der Waals surface area contributed by atoms with E-state index in [-0.39, 0.29) is 5.82 Å². The number of rotatable bonds is 2. The van der Waals surface area contributed by atoms with Crippen LogP contribution in [0.4, 0.5) is 15.2 Å². The van der Waals surface area contributed by atoms with E-state index in [1.807, 2.05) is 0 Å². The van der Waals surface area contributed by atoms with E-state index in [2.05, 4.69) is 4.98 Å². The molecule has 0 saturated heterocycles. The maximum Gasteiger partial charge on any atom is 0.191 e. The van der Waals surface area contributed by atoms with Gasteiger partial charge < -0.3 is 4.90 Å². The van der Waals surface area contributed by atoms with Crippen molar-refractivity contribution in [2.75, 3.05) is 11.9 Å². The monoisotopic (exact) mass is 242 g/mol. The zero-order valence-corrected chi connectivity index (χ0v) is 9.52. The third-order valence-corrected chi connectivity index (χ3v) is 3.20. The predicted molar refractivity (Wildman–Crippen MR) is 61.6 cm³/mol. The van der Waals surface area contributed by atoms with Crippen molar-refractivity contribution in [2.24, 2.45) is 0 Å². The van der Waals surface area contributed by atoms with Crippen LogP contribution < -0.4 is 4.90 Å². The van der Waals surface area contributed by atoms with Crippen LogP contribution in [0.2, 0.25) is 5.15 Å². The molecule has 78 valence electrons. The molecule has 0 spiro atoms. The average Bonchev–Trinajstić information content (AvgIpc) is 2.65. The number of halogens is 2. The molecule has 0 aliphatic carbocycles. The van der Waals surface area contributed by atoms with Crippen LogP contribution in [0.1, 0.15) is 0 Å². The summed E-state index contributed by atoms with van der Waals surface area (Å²) in [5.74, 6) is -0.272. The summed E-state index contributed by atoms with van der Waals surface area (Å²) < 4.78 is 13.4. The smallest absolute Gasteiger partial charge is 0.191 e. The second kappa shape index (κ2) is 4.16. The molecule has 1 aromatic heterocycles. The number of aromatic nitrogens is 1. The predicted octanol–water partition coefficient (Wildman–Crippen LogP) is 3.70. The van der Waals surface area contributed by atoms with Gasteiger partial charge in [0.2, 0.25) is 0 Å². The third-order valence-electron chi connectivity index (χ3n) is 1.96. The Bertz CT molecular complexity index is 472. The summed E-state index contributed by atoms with van der Waals surface area (Å²) in [5.41, 5.74) is 0.489. The lowest BCUT2D eigenvalue weighted by Crippen LogP contribution is -2.10. The van der Waals surface area contributed by atoms with Gasteiger partial charge in [-0.1, -0.05) is 23.7 Å². The minimum Gasteiger partial charge on any atom is -0.318 e. The van der Waals surface area contributed by atoms with E-state index >= 15 is 0 Å². The molecular formula is C10H8ClFN2S. The Balaban J connectivity index is 2.36. The molecule has 2 nitrogen and oxygen atoms in total. The average molecular weight is 243 g/mol. The molecule has 0 bridgehead atoms. The molecule has 2 aromatic rings. The van der Waals surface area contributed by atoms with Gasteiger partial charge in [-0.25, -0.2) is 9.37 Å². The maximum absolute atomic E-state index is 13.4. The van der Waals surface area contributed by atoms with Gasteiger partial charge in [-0.15, -0.1) is 11.3 Å². The standard InChI is InChI=1S/C10H8ClFN2S/c1-14(10-13-9(11)6-15-10)8-5-3-2-4-7(8)12/h2-6H,1H3. The van der Waals surface area contributed by atoms with Crippen LogP contribution in [0.5, 0.6) is 0 Å². The molecule has 0 fully saturated rings. The minimum atomic E-state index is -0.272. The number of nitrogens with zero attached hydrogens (tertiary/aromatic N) is 2. The lowest BCUT2D eigenvalue weighted by Gasteiger charge is -2.15.